The second-order valence-corrected chi connectivity index (χ2v) is 4.88. The number of hydrogen-bond acceptors (Lipinski definition) is 2. The third kappa shape index (κ3) is 1.78. The van der Waals surface area contributed by atoms with Crippen molar-refractivity contribution in [1.82, 2.24) is 9.55 Å². The van der Waals surface area contributed by atoms with Crippen molar-refractivity contribution < 1.29 is 4.42 Å². The van der Waals surface area contributed by atoms with Crippen molar-refractivity contribution in [3.05, 3.63) is 52.2 Å². The minimum absolute atomic E-state index is 0.663. The summed E-state index contributed by atoms with van der Waals surface area (Å²) in [6.45, 7) is 4.69. The van der Waals surface area contributed by atoms with Gasteiger partial charge in [-0.15, -0.1) is 0 Å². The van der Waals surface area contributed by atoms with Crippen LogP contribution in [0, 0.1) is 18.6 Å². The van der Waals surface area contributed by atoms with Crippen molar-refractivity contribution in [3.63, 3.8) is 0 Å². The van der Waals surface area contributed by atoms with E-state index in [4.69, 9.17) is 16.6 Å². The zero-order valence-electron chi connectivity index (χ0n) is 10.4. The molecule has 2 heterocycles. The highest BCUT2D eigenvalue weighted by atomic mass is 32.1. The number of aryl methyl sites for hydroxylation is 2. The molecule has 0 atom stereocenters. The number of para-hydroxylation sites is 1. The maximum absolute atomic E-state index is 5.61. The summed E-state index contributed by atoms with van der Waals surface area (Å²) in [4.78, 5) is 3.26. The van der Waals surface area contributed by atoms with Crippen molar-refractivity contribution in [2.24, 2.45) is 0 Å². The molecule has 1 N–H and O–H groups in total. The van der Waals surface area contributed by atoms with Gasteiger partial charge < -0.3 is 14.0 Å². The maximum atomic E-state index is 5.61. The molecule has 92 valence electrons. The van der Waals surface area contributed by atoms with Crippen LogP contribution in [0.25, 0.3) is 11.0 Å². The summed E-state index contributed by atoms with van der Waals surface area (Å²) in [5.74, 6) is 1.85. The van der Waals surface area contributed by atoms with Crippen LogP contribution in [0.2, 0.25) is 0 Å². The summed E-state index contributed by atoms with van der Waals surface area (Å²) in [5.41, 5.74) is 3.42. The number of hydrogen-bond donors (Lipinski definition) is 1. The van der Waals surface area contributed by atoms with Crippen LogP contribution in [-0.2, 0) is 6.54 Å². The lowest BCUT2D eigenvalue weighted by Crippen LogP contribution is -1.98. The lowest BCUT2D eigenvalue weighted by Gasteiger charge is -2.02. The number of nitrogens with one attached hydrogen (secondary N) is 1. The van der Waals surface area contributed by atoms with E-state index in [9.17, 15) is 0 Å². The number of benzene rings is 1. The fourth-order valence-corrected chi connectivity index (χ4v) is 2.47. The molecule has 0 unspecified atom stereocenters. The van der Waals surface area contributed by atoms with Gasteiger partial charge in [-0.25, -0.2) is 0 Å². The molecule has 0 amide bonds. The topological polar surface area (TPSA) is 33.9 Å². The average molecular weight is 258 g/mol. The van der Waals surface area contributed by atoms with Crippen LogP contribution in [0.3, 0.4) is 0 Å². The lowest BCUT2D eigenvalue weighted by atomic mass is 10.2. The van der Waals surface area contributed by atoms with Gasteiger partial charge in [0, 0.05) is 0 Å². The van der Waals surface area contributed by atoms with Gasteiger partial charge in [0.15, 0.2) is 4.77 Å². The second-order valence-electron chi connectivity index (χ2n) is 4.50. The third-order valence-corrected chi connectivity index (χ3v) is 3.45. The first kappa shape index (κ1) is 11.3. The smallest absolute Gasteiger partial charge is 0.178 e. The Morgan fingerprint density at radius 1 is 1.22 bits per heavy atom. The molecule has 0 saturated heterocycles. The maximum Gasteiger partial charge on any atom is 0.178 e. The molecule has 0 bridgehead atoms. The first-order valence-electron chi connectivity index (χ1n) is 5.88. The number of aromatic amines is 1. The molecule has 4 heteroatoms. The molecule has 0 aliphatic rings. The van der Waals surface area contributed by atoms with Crippen LogP contribution in [0.5, 0.6) is 0 Å². The van der Waals surface area contributed by atoms with Gasteiger partial charge in [0.05, 0.1) is 17.6 Å². The minimum Gasteiger partial charge on any atom is -0.464 e. The van der Waals surface area contributed by atoms with E-state index in [1.54, 1.807) is 0 Å². The normalized spacial score (nSPS) is 11.2. The largest absolute Gasteiger partial charge is 0.464 e. The van der Waals surface area contributed by atoms with Gasteiger partial charge in [-0.2, -0.15) is 0 Å². The Labute approximate surface area is 110 Å². The molecular formula is C14H14N2OS. The number of aromatic nitrogens is 2. The molecule has 18 heavy (non-hydrogen) atoms. The first-order valence-corrected chi connectivity index (χ1v) is 6.29. The summed E-state index contributed by atoms with van der Waals surface area (Å²) in [7, 11) is 0. The Balaban J connectivity index is 2.14. The number of rotatable bonds is 2. The Morgan fingerprint density at radius 2 is 2.06 bits per heavy atom. The highest BCUT2D eigenvalue weighted by molar-refractivity contribution is 7.71. The number of furan rings is 1. The molecule has 0 aliphatic heterocycles. The number of H-pyrrole nitrogens is 1. The van der Waals surface area contributed by atoms with E-state index < -0.39 is 0 Å². The fraction of sp³-hybridized carbons (Fsp3) is 0.214. The van der Waals surface area contributed by atoms with E-state index in [1.807, 2.05) is 25.1 Å². The molecule has 0 aliphatic carbocycles. The standard InChI is InChI=1S/C14H14N2OS/c1-9-4-3-5-12-13(9)15-14(18)16(12)8-11-7-6-10(2)17-11/h3-7H,8H2,1-2H3,(H,15,18). The number of fused-ring (bicyclic) bond motifs is 1. The number of imidazole rings is 1. The van der Waals surface area contributed by atoms with Gasteiger partial charge in [0.2, 0.25) is 0 Å². The Bertz CT molecular complexity index is 764. The molecule has 0 saturated carbocycles. The van der Waals surface area contributed by atoms with Crippen LogP contribution in [0.15, 0.2) is 34.7 Å². The van der Waals surface area contributed by atoms with E-state index in [0.717, 1.165) is 27.3 Å². The van der Waals surface area contributed by atoms with Crippen molar-refractivity contribution in [3.8, 4) is 0 Å². The zero-order valence-corrected chi connectivity index (χ0v) is 11.2. The summed E-state index contributed by atoms with van der Waals surface area (Å²) in [6.07, 6.45) is 0. The van der Waals surface area contributed by atoms with Gasteiger partial charge in [0.1, 0.15) is 11.5 Å². The van der Waals surface area contributed by atoms with Gasteiger partial charge >= 0.3 is 0 Å². The second kappa shape index (κ2) is 4.14. The highest BCUT2D eigenvalue weighted by Crippen LogP contribution is 2.19. The lowest BCUT2D eigenvalue weighted by molar-refractivity contribution is 0.471. The van der Waals surface area contributed by atoms with E-state index in [2.05, 4.69) is 28.6 Å². The summed E-state index contributed by atoms with van der Waals surface area (Å²) >= 11 is 5.38. The molecule has 3 aromatic rings. The van der Waals surface area contributed by atoms with Gasteiger partial charge in [-0.05, 0) is 49.8 Å². The van der Waals surface area contributed by atoms with E-state index in [0.29, 0.717) is 6.54 Å². The summed E-state index contributed by atoms with van der Waals surface area (Å²) in [5, 5.41) is 0. The van der Waals surface area contributed by atoms with Gasteiger partial charge in [0.25, 0.3) is 0 Å². The minimum atomic E-state index is 0.663. The predicted octanol–water partition coefficient (Wildman–Crippen LogP) is 3.96. The first-order chi connectivity index (χ1) is 8.65. The summed E-state index contributed by atoms with van der Waals surface area (Å²) < 4.78 is 8.41. The van der Waals surface area contributed by atoms with Crippen LogP contribution >= 0.6 is 12.2 Å². The molecule has 3 rings (SSSR count). The van der Waals surface area contributed by atoms with Crippen molar-refractivity contribution in [2.45, 2.75) is 20.4 Å². The monoisotopic (exact) mass is 258 g/mol. The van der Waals surface area contributed by atoms with Crippen LogP contribution in [0.4, 0.5) is 0 Å². The van der Waals surface area contributed by atoms with E-state index >= 15 is 0 Å². The zero-order chi connectivity index (χ0) is 12.7. The van der Waals surface area contributed by atoms with E-state index in [-0.39, 0.29) is 0 Å². The Morgan fingerprint density at radius 3 is 2.78 bits per heavy atom. The molecule has 2 aromatic heterocycles. The molecule has 0 radical (unpaired) electrons. The molecule has 0 spiro atoms. The quantitative estimate of drug-likeness (QED) is 0.706. The molecule has 1 aromatic carbocycles. The van der Waals surface area contributed by atoms with Crippen molar-refractivity contribution >= 4 is 23.3 Å². The highest BCUT2D eigenvalue weighted by Gasteiger charge is 2.08. The van der Waals surface area contributed by atoms with Crippen LogP contribution < -0.4 is 0 Å². The molecule has 3 nitrogen and oxygen atoms in total. The van der Waals surface area contributed by atoms with Gasteiger partial charge in [-0.1, -0.05) is 12.1 Å². The van der Waals surface area contributed by atoms with Gasteiger partial charge in [-0.3, -0.25) is 0 Å². The van der Waals surface area contributed by atoms with Crippen LogP contribution in [-0.4, -0.2) is 9.55 Å². The third-order valence-electron chi connectivity index (χ3n) is 3.13. The Hall–Kier alpha value is -1.81. The SMILES string of the molecule is Cc1ccc(Cn2c(=S)[nH]c3c(C)cccc32)o1. The Kier molecular flexibility index (Phi) is 2.59. The van der Waals surface area contributed by atoms with Crippen molar-refractivity contribution in [2.75, 3.05) is 0 Å². The molecule has 0 fully saturated rings. The van der Waals surface area contributed by atoms with Crippen LogP contribution in [0.1, 0.15) is 17.1 Å². The fourth-order valence-electron chi connectivity index (χ4n) is 2.21. The predicted molar refractivity (Wildman–Crippen MR) is 74.4 cm³/mol. The molecular weight excluding hydrogens is 244 g/mol. The number of nitrogens with zero attached hydrogens (tertiary/aromatic N) is 1. The summed E-state index contributed by atoms with van der Waals surface area (Å²) in [6, 6.07) is 10.2. The van der Waals surface area contributed by atoms with E-state index in [1.165, 1.54) is 5.56 Å². The average Bonchev–Trinajstić information content (AvgIpc) is 2.87. The van der Waals surface area contributed by atoms with Crippen molar-refractivity contribution in [1.29, 1.82) is 0 Å².